The maximum atomic E-state index is 12.6. The third-order valence-corrected chi connectivity index (χ3v) is 6.00. The van der Waals surface area contributed by atoms with E-state index in [1.165, 1.54) is 24.8 Å². The molecule has 1 saturated carbocycles. The van der Waals surface area contributed by atoms with Crippen LogP contribution < -0.4 is 10.0 Å². The van der Waals surface area contributed by atoms with Gasteiger partial charge in [0, 0.05) is 11.6 Å². The fourth-order valence-corrected chi connectivity index (χ4v) is 4.63. The van der Waals surface area contributed by atoms with Gasteiger partial charge in [-0.15, -0.1) is 0 Å². The largest absolute Gasteiger partial charge is 0.405 e. The van der Waals surface area contributed by atoms with E-state index in [4.69, 9.17) is 4.52 Å². The minimum atomic E-state index is -4.32. The summed E-state index contributed by atoms with van der Waals surface area (Å²) in [6.45, 7) is 2.56. The molecule has 0 radical (unpaired) electrons. The predicted octanol–water partition coefficient (Wildman–Crippen LogP) is 5.35. The van der Waals surface area contributed by atoms with Crippen molar-refractivity contribution in [1.29, 1.82) is 0 Å². The molecular weight excluding hydrogens is 403 g/mol. The van der Waals surface area contributed by atoms with Crippen LogP contribution in [0.3, 0.4) is 0 Å². The highest BCUT2D eigenvalue weighted by Crippen LogP contribution is 2.36. The van der Waals surface area contributed by atoms with Crippen LogP contribution in [0.2, 0.25) is 0 Å². The third-order valence-electron chi connectivity index (χ3n) is 5.02. The number of aromatic nitrogens is 3. The van der Waals surface area contributed by atoms with Gasteiger partial charge in [0.15, 0.2) is 0 Å². The molecule has 1 aliphatic rings. The zero-order valence-corrected chi connectivity index (χ0v) is 16.9. The van der Waals surface area contributed by atoms with Crippen molar-refractivity contribution in [2.75, 3.05) is 11.9 Å². The lowest BCUT2D eigenvalue weighted by Crippen LogP contribution is -2.21. The third kappa shape index (κ3) is 4.53. The SMILES string of the molecule is Cc1noc(C)c1-c1cc(SNC2CCCC2)c2nc(NCC(F)(F)F)[nH]c2c1. The molecule has 10 heteroatoms. The summed E-state index contributed by atoms with van der Waals surface area (Å²) in [6.07, 6.45) is 0.348. The molecule has 3 aromatic rings. The van der Waals surface area contributed by atoms with Gasteiger partial charge in [0.25, 0.3) is 0 Å². The number of rotatable bonds is 6. The van der Waals surface area contributed by atoms with Crippen LogP contribution in [0.4, 0.5) is 19.1 Å². The van der Waals surface area contributed by atoms with Crippen molar-refractivity contribution < 1.29 is 17.7 Å². The Morgan fingerprint density at radius 2 is 2.00 bits per heavy atom. The molecule has 0 spiro atoms. The Bertz CT molecular complexity index is 988. The van der Waals surface area contributed by atoms with E-state index in [2.05, 4.69) is 25.2 Å². The quantitative estimate of drug-likeness (QED) is 0.462. The normalized spacial score (nSPS) is 15.5. The molecule has 0 unspecified atom stereocenters. The monoisotopic (exact) mass is 425 g/mol. The lowest BCUT2D eigenvalue weighted by atomic mass is 10.0. The molecule has 0 bridgehead atoms. The van der Waals surface area contributed by atoms with Crippen LogP contribution in [-0.2, 0) is 0 Å². The van der Waals surface area contributed by atoms with E-state index < -0.39 is 12.7 Å². The molecule has 29 heavy (non-hydrogen) atoms. The molecule has 1 aliphatic carbocycles. The minimum Gasteiger partial charge on any atom is -0.361 e. The number of hydrogen-bond donors (Lipinski definition) is 3. The Morgan fingerprint density at radius 1 is 1.24 bits per heavy atom. The van der Waals surface area contributed by atoms with Gasteiger partial charge in [0.05, 0.1) is 16.1 Å². The molecular formula is C19H22F3N5OS. The molecule has 2 heterocycles. The number of nitrogens with one attached hydrogen (secondary N) is 3. The van der Waals surface area contributed by atoms with Gasteiger partial charge in [0.2, 0.25) is 5.95 Å². The van der Waals surface area contributed by atoms with E-state index in [1.54, 1.807) is 0 Å². The van der Waals surface area contributed by atoms with Gasteiger partial charge in [-0.3, -0.25) is 4.72 Å². The average molecular weight is 425 g/mol. The van der Waals surface area contributed by atoms with Gasteiger partial charge in [-0.1, -0.05) is 18.0 Å². The number of aromatic amines is 1. The van der Waals surface area contributed by atoms with Gasteiger partial charge < -0.3 is 14.8 Å². The summed E-state index contributed by atoms with van der Waals surface area (Å²) < 4.78 is 46.5. The molecule has 0 aliphatic heterocycles. The van der Waals surface area contributed by atoms with Crippen LogP contribution >= 0.6 is 11.9 Å². The predicted molar refractivity (Wildman–Crippen MR) is 107 cm³/mol. The first-order chi connectivity index (χ1) is 13.8. The van der Waals surface area contributed by atoms with Gasteiger partial charge >= 0.3 is 6.18 Å². The molecule has 2 aromatic heterocycles. The Balaban J connectivity index is 1.70. The lowest BCUT2D eigenvalue weighted by molar-refractivity contribution is -0.115. The van der Waals surface area contributed by atoms with E-state index >= 15 is 0 Å². The van der Waals surface area contributed by atoms with Crippen molar-refractivity contribution in [2.45, 2.75) is 56.6 Å². The summed E-state index contributed by atoms with van der Waals surface area (Å²) in [6, 6.07) is 4.28. The number of imidazole rings is 1. The number of alkyl halides is 3. The van der Waals surface area contributed by atoms with E-state index in [0.29, 0.717) is 22.8 Å². The topological polar surface area (TPSA) is 78.8 Å². The molecule has 3 N–H and O–H groups in total. The number of nitrogens with zero attached hydrogens (tertiary/aromatic N) is 2. The minimum absolute atomic E-state index is 0.0935. The molecule has 4 rings (SSSR count). The summed E-state index contributed by atoms with van der Waals surface area (Å²) in [5, 5.41) is 6.34. The second-order valence-electron chi connectivity index (χ2n) is 7.33. The summed E-state index contributed by atoms with van der Waals surface area (Å²) in [5.41, 5.74) is 3.81. The number of fused-ring (bicyclic) bond motifs is 1. The standard InChI is InChI=1S/C19H22F3N5OS/c1-10-16(11(2)28-26-10)12-7-14-17(25-18(24-14)23-9-19(20,21)22)15(8-12)29-27-13-5-3-4-6-13/h7-8,13,27H,3-6,9H2,1-2H3,(H2,23,24,25). The molecule has 6 nitrogen and oxygen atoms in total. The fourth-order valence-electron chi connectivity index (χ4n) is 3.66. The van der Waals surface area contributed by atoms with Crippen molar-refractivity contribution in [1.82, 2.24) is 19.8 Å². The van der Waals surface area contributed by atoms with E-state index in [9.17, 15) is 13.2 Å². The van der Waals surface area contributed by atoms with Gasteiger partial charge in [-0.2, -0.15) is 13.2 Å². The van der Waals surface area contributed by atoms with Crippen LogP contribution in [0, 0.1) is 13.8 Å². The maximum absolute atomic E-state index is 12.6. The molecule has 0 amide bonds. The first kappa shape index (κ1) is 20.1. The summed E-state index contributed by atoms with van der Waals surface area (Å²) in [7, 11) is 0. The Kier molecular flexibility index (Phi) is 5.48. The summed E-state index contributed by atoms with van der Waals surface area (Å²) in [4.78, 5) is 8.17. The van der Waals surface area contributed by atoms with Crippen LogP contribution in [-0.4, -0.2) is 33.9 Å². The Labute approximate surface area is 170 Å². The maximum Gasteiger partial charge on any atom is 0.405 e. The molecule has 0 atom stereocenters. The number of benzene rings is 1. The Morgan fingerprint density at radius 3 is 2.66 bits per heavy atom. The fraction of sp³-hybridized carbons (Fsp3) is 0.474. The summed E-state index contributed by atoms with van der Waals surface area (Å²) >= 11 is 1.47. The van der Waals surface area contributed by atoms with E-state index in [-0.39, 0.29) is 5.95 Å². The van der Waals surface area contributed by atoms with Crippen molar-refractivity contribution in [3.63, 3.8) is 0 Å². The highest BCUT2D eigenvalue weighted by Gasteiger charge is 2.27. The average Bonchev–Trinajstić information content (AvgIpc) is 3.37. The van der Waals surface area contributed by atoms with Crippen LogP contribution in [0.15, 0.2) is 21.6 Å². The van der Waals surface area contributed by atoms with Crippen molar-refractivity contribution in [3.8, 4) is 11.1 Å². The number of H-pyrrole nitrogens is 1. The highest BCUT2D eigenvalue weighted by molar-refractivity contribution is 7.97. The lowest BCUT2D eigenvalue weighted by Gasteiger charge is -2.12. The molecule has 1 fully saturated rings. The first-order valence-electron chi connectivity index (χ1n) is 9.50. The second-order valence-corrected chi connectivity index (χ2v) is 8.20. The number of anilines is 1. The number of aryl methyl sites for hydroxylation is 2. The van der Waals surface area contributed by atoms with Gasteiger partial charge in [-0.05, 0) is 56.3 Å². The zero-order chi connectivity index (χ0) is 20.6. The van der Waals surface area contributed by atoms with E-state index in [0.717, 1.165) is 34.6 Å². The summed E-state index contributed by atoms with van der Waals surface area (Å²) in [5.74, 6) is 0.785. The van der Waals surface area contributed by atoms with Crippen LogP contribution in [0.5, 0.6) is 0 Å². The first-order valence-corrected chi connectivity index (χ1v) is 10.3. The zero-order valence-electron chi connectivity index (χ0n) is 16.1. The van der Waals surface area contributed by atoms with Crippen molar-refractivity contribution >= 4 is 28.9 Å². The number of hydrogen-bond acceptors (Lipinski definition) is 6. The van der Waals surface area contributed by atoms with Crippen molar-refractivity contribution in [2.24, 2.45) is 0 Å². The second kappa shape index (κ2) is 7.91. The molecule has 156 valence electrons. The van der Waals surface area contributed by atoms with Crippen LogP contribution in [0.25, 0.3) is 22.2 Å². The number of halogens is 3. The smallest absolute Gasteiger partial charge is 0.361 e. The van der Waals surface area contributed by atoms with Gasteiger partial charge in [0.1, 0.15) is 17.8 Å². The molecule has 0 saturated heterocycles. The Hall–Kier alpha value is -2.20. The van der Waals surface area contributed by atoms with Gasteiger partial charge in [-0.25, -0.2) is 4.98 Å². The molecule has 1 aromatic carbocycles. The van der Waals surface area contributed by atoms with Crippen molar-refractivity contribution in [3.05, 3.63) is 23.6 Å². The highest BCUT2D eigenvalue weighted by atomic mass is 32.2. The van der Waals surface area contributed by atoms with E-state index in [1.807, 2.05) is 26.0 Å². The van der Waals surface area contributed by atoms with Crippen LogP contribution in [0.1, 0.15) is 37.1 Å².